The van der Waals surface area contributed by atoms with E-state index < -0.39 is 88.0 Å². The zero-order valence-electron chi connectivity index (χ0n) is 35.4. The first kappa shape index (κ1) is 45.6. The van der Waals surface area contributed by atoms with Crippen molar-refractivity contribution in [1.29, 1.82) is 5.26 Å². The normalized spacial score (nSPS) is 22.6. The molecule has 2 N–H and O–H groups in total. The number of ether oxygens (including phenoxy) is 5. The van der Waals surface area contributed by atoms with Gasteiger partial charge in [0.1, 0.15) is 48.4 Å². The molecule has 2 fully saturated rings. The smallest absolute Gasteiger partial charge is 0.415 e. The Hall–Kier alpha value is -4.10. The minimum Gasteiger partial charge on any atom is -0.463 e. The number of amides is 2. The summed E-state index contributed by atoms with van der Waals surface area (Å²) in [5, 5.41) is 21.1. The molecule has 57 heavy (non-hydrogen) atoms. The van der Waals surface area contributed by atoms with Gasteiger partial charge in [-0.3, -0.25) is 14.9 Å². The molecule has 2 aromatic rings. The van der Waals surface area contributed by atoms with E-state index >= 15 is 0 Å². The Bertz CT molecular complexity index is 1820. The number of nitrogens with one attached hydrogen (secondary N) is 2. The molecule has 2 aromatic heterocycles. The van der Waals surface area contributed by atoms with Crippen molar-refractivity contribution < 1.29 is 51.7 Å². The summed E-state index contributed by atoms with van der Waals surface area (Å²) >= 11 is 0. The molecule has 2 amide bonds. The number of carbonyl (C=O) groups is 4. The first-order chi connectivity index (χ1) is 26.3. The number of anilines is 1. The van der Waals surface area contributed by atoms with Crippen LogP contribution >= 0.6 is 0 Å². The Balaban J connectivity index is 1.64. The third-order valence-corrected chi connectivity index (χ3v) is 11.0. The molecule has 4 rings (SSSR count). The SMILES string of the molecule is CC(C)(C)OC(=O)NC1(CC(=O)OC[C@H]2O[C@@](C#N)(c3ccc4c(NC(=O)OCOC(=O)C(C)(C)C)ncnn34)C(O[Si](C)(C)C)C2O[Si](C)(C)C)CCCCC1. The first-order valence-corrected chi connectivity index (χ1v) is 26.1. The molecule has 1 aliphatic heterocycles. The van der Waals surface area contributed by atoms with Crippen LogP contribution in [0, 0.1) is 16.7 Å². The summed E-state index contributed by atoms with van der Waals surface area (Å²) in [6, 6.07) is 5.61. The molecule has 3 heterocycles. The van der Waals surface area contributed by atoms with Crippen molar-refractivity contribution in [3.63, 3.8) is 0 Å². The minimum absolute atomic E-state index is 0.0501. The van der Waals surface area contributed by atoms with Crippen LogP contribution in [0.25, 0.3) is 5.52 Å². The van der Waals surface area contributed by atoms with Crippen LogP contribution in [0.2, 0.25) is 39.3 Å². The van der Waals surface area contributed by atoms with Crippen molar-refractivity contribution in [2.45, 2.75) is 154 Å². The molecule has 17 nitrogen and oxygen atoms in total. The maximum absolute atomic E-state index is 13.7. The third kappa shape index (κ3) is 12.2. The number of carbonyl (C=O) groups excluding carboxylic acids is 4. The maximum Gasteiger partial charge on any atom is 0.415 e. The van der Waals surface area contributed by atoms with Crippen LogP contribution < -0.4 is 10.6 Å². The van der Waals surface area contributed by atoms with Crippen LogP contribution in [0.1, 0.15) is 85.8 Å². The first-order valence-electron chi connectivity index (χ1n) is 19.3. The van der Waals surface area contributed by atoms with Crippen molar-refractivity contribution in [3.8, 4) is 6.07 Å². The topological polar surface area (TPSA) is 211 Å². The number of esters is 2. The maximum atomic E-state index is 13.7. The van der Waals surface area contributed by atoms with Gasteiger partial charge in [-0.2, -0.15) is 10.4 Å². The van der Waals surface area contributed by atoms with Crippen LogP contribution in [-0.4, -0.2) is 98.2 Å². The number of nitriles is 1. The van der Waals surface area contributed by atoms with Crippen molar-refractivity contribution >= 4 is 52.1 Å². The Morgan fingerprint density at radius 1 is 0.930 bits per heavy atom. The second-order valence-corrected chi connectivity index (χ2v) is 27.6. The van der Waals surface area contributed by atoms with Gasteiger partial charge >= 0.3 is 24.1 Å². The number of aromatic nitrogens is 3. The van der Waals surface area contributed by atoms with Crippen LogP contribution in [-0.2, 0) is 47.7 Å². The average Bonchev–Trinajstić information content (AvgIpc) is 3.61. The fourth-order valence-corrected chi connectivity index (χ4v) is 8.91. The minimum atomic E-state index is -2.44. The summed E-state index contributed by atoms with van der Waals surface area (Å²) in [5.74, 6) is -1.04. The summed E-state index contributed by atoms with van der Waals surface area (Å²) in [5.41, 5.74) is -3.59. The third-order valence-electron chi connectivity index (χ3n) is 9.05. The van der Waals surface area contributed by atoms with Gasteiger partial charge in [0.25, 0.3) is 0 Å². The molecule has 2 unspecified atom stereocenters. The molecule has 4 atom stereocenters. The highest BCUT2D eigenvalue weighted by molar-refractivity contribution is 6.70. The second-order valence-electron chi connectivity index (χ2n) is 18.7. The average molecular weight is 833 g/mol. The van der Waals surface area contributed by atoms with Crippen molar-refractivity contribution in [3.05, 3.63) is 24.2 Å². The molecule has 0 aromatic carbocycles. The predicted molar refractivity (Wildman–Crippen MR) is 213 cm³/mol. The van der Waals surface area contributed by atoms with E-state index in [4.69, 9.17) is 32.5 Å². The quantitative estimate of drug-likeness (QED) is 0.0950. The highest BCUT2D eigenvalue weighted by Crippen LogP contribution is 2.45. The molecule has 2 aliphatic rings. The Kier molecular flexibility index (Phi) is 13.9. The van der Waals surface area contributed by atoms with Crippen molar-refractivity contribution in [2.75, 3.05) is 18.7 Å². The van der Waals surface area contributed by atoms with E-state index in [1.807, 2.05) is 39.3 Å². The van der Waals surface area contributed by atoms with Gasteiger partial charge in [0.2, 0.25) is 12.4 Å². The van der Waals surface area contributed by atoms with Gasteiger partial charge in [-0.05, 0) is 106 Å². The zero-order valence-corrected chi connectivity index (χ0v) is 37.4. The van der Waals surface area contributed by atoms with Gasteiger partial charge in [-0.15, -0.1) is 0 Å². The van der Waals surface area contributed by atoms with Crippen LogP contribution in [0.4, 0.5) is 15.4 Å². The van der Waals surface area contributed by atoms with E-state index in [1.165, 1.54) is 10.8 Å². The molecule has 1 saturated heterocycles. The number of hydrogen-bond acceptors (Lipinski definition) is 14. The van der Waals surface area contributed by atoms with Gasteiger partial charge in [0, 0.05) is 0 Å². The van der Waals surface area contributed by atoms with E-state index in [0.717, 1.165) is 19.3 Å². The molecule has 0 bridgehead atoms. The monoisotopic (exact) mass is 832 g/mol. The van der Waals surface area contributed by atoms with E-state index in [9.17, 15) is 24.4 Å². The lowest BCUT2D eigenvalue weighted by Crippen LogP contribution is -2.53. The summed E-state index contributed by atoms with van der Waals surface area (Å²) in [6.45, 7) is 21.5. The summed E-state index contributed by atoms with van der Waals surface area (Å²) in [6.07, 6.45) is 0.661. The van der Waals surface area contributed by atoms with Crippen LogP contribution in [0.5, 0.6) is 0 Å². The lowest BCUT2D eigenvalue weighted by Gasteiger charge is -2.38. The number of alkyl carbamates (subject to hydrolysis) is 1. The van der Waals surface area contributed by atoms with E-state index in [-0.39, 0.29) is 24.5 Å². The van der Waals surface area contributed by atoms with E-state index in [0.29, 0.717) is 18.4 Å². The summed E-state index contributed by atoms with van der Waals surface area (Å²) < 4.78 is 43.2. The predicted octanol–water partition coefficient (Wildman–Crippen LogP) is 6.54. The van der Waals surface area contributed by atoms with Gasteiger partial charge < -0.3 is 37.9 Å². The van der Waals surface area contributed by atoms with Crippen molar-refractivity contribution in [2.24, 2.45) is 5.41 Å². The zero-order chi connectivity index (χ0) is 42.6. The van der Waals surface area contributed by atoms with Crippen LogP contribution in [0.15, 0.2) is 18.5 Å². The van der Waals surface area contributed by atoms with Crippen molar-refractivity contribution in [1.82, 2.24) is 19.9 Å². The molecule has 1 aliphatic carbocycles. The summed E-state index contributed by atoms with van der Waals surface area (Å²) in [7, 11) is -4.82. The molecular formula is C38H60N6O11Si2. The fourth-order valence-electron chi connectivity index (χ4n) is 6.75. The van der Waals surface area contributed by atoms with Gasteiger partial charge in [-0.1, -0.05) is 19.3 Å². The highest BCUT2D eigenvalue weighted by Gasteiger charge is 2.61. The number of nitrogens with zero attached hydrogens (tertiary/aromatic N) is 4. The fraction of sp³-hybridized carbons (Fsp3) is 0.711. The Labute approximate surface area is 337 Å². The molecule has 316 valence electrons. The molecular weight excluding hydrogens is 773 g/mol. The molecule has 1 saturated carbocycles. The molecule has 19 heteroatoms. The number of fused-ring (bicyclic) bond motifs is 1. The van der Waals surface area contributed by atoms with E-state index in [2.05, 4.69) is 26.8 Å². The number of rotatable bonds is 13. The summed E-state index contributed by atoms with van der Waals surface area (Å²) in [4.78, 5) is 55.5. The standard InChI is InChI=1S/C38H60N6O11Si2/c1-35(2,3)32(46)50-24-51-33(47)42-31-25-16-17-27(44(25)41-23-40-31)38(22-39)30(55-57(10,11)12)29(54-56(7,8)9)26(52-38)21-49-28(45)20-37(18-14-13-15-19-37)43-34(48)53-36(4,5)6/h16-17,23,26,29-30H,13-15,18-21,24H2,1-12H3,(H,43,48)(H,40,41,42,47)/t26-,29?,30?,38+/m1/s1. The van der Waals surface area contributed by atoms with Gasteiger partial charge in [0.05, 0.1) is 23.1 Å². The van der Waals surface area contributed by atoms with Gasteiger partial charge in [0.15, 0.2) is 22.5 Å². The largest absolute Gasteiger partial charge is 0.463 e. The second kappa shape index (κ2) is 17.4. The lowest BCUT2D eigenvalue weighted by atomic mass is 9.79. The molecule has 0 spiro atoms. The van der Waals surface area contributed by atoms with Gasteiger partial charge in [-0.25, -0.2) is 19.1 Å². The molecule has 0 radical (unpaired) electrons. The Morgan fingerprint density at radius 3 is 2.16 bits per heavy atom. The van der Waals surface area contributed by atoms with E-state index in [1.54, 1.807) is 53.7 Å². The lowest BCUT2D eigenvalue weighted by molar-refractivity contribution is -0.161. The Morgan fingerprint density at radius 2 is 1.58 bits per heavy atom. The highest BCUT2D eigenvalue weighted by atomic mass is 28.4. The van der Waals surface area contributed by atoms with Crippen LogP contribution in [0.3, 0.4) is 0 Å². The number of hydrogen-bond donors (Lipinski definition) is 2.